The molecule has 0 bridgehead atoms. The molecule has 0 spiro atoms. The molecule has 0 atom stereocenters. The normalized spacial score (nSPS) is 19.6. The Hall–Kier alpha value is -0.0100. The van der Waals surface area contributed by atoms with Crippen LogP contribution in [0.1, 0.15) is 19.8 Å². The van der Waals surface area contributed by atoms with Crippen molar-refractivity contribution in [1.82, 2.24) is 5.32 Å². The zero-order valence-corrected chi connectivity index (χ0v) is 7.12. The fourth-order valence-corrected chi connectivity index (χ4v) is 0.911. The maximum atomic E-state index is 5.48. The van der Waals surface area contributed by atoms with E-state index in [1.54, 1.807) is 5.54 Å². The molecule has 1 fully saturated rings. The van der Waals surface area contributed by atoms with Crippen molar-refractivity contribution in [2.24, 2.45) is 5.92 Å². The van der Waals surface area contributed by atoms with Crippen molar-refractivity contribution in [2.75, 3.05) is 13.1 Å². The summed E-state index contributed by atoms with van der Waals surface area (Å²) in [6.07, 6.45) is 2.83. The van der Waals surface area contributed by atoms with E-state index in [1.807, 2.05) is 6.92 Å². The number of hydrogen-bond acceptors (Lipinski definition) is 1. The van der Waals surface area contributed by atoms with Gasteiger partial charge in [-0.05, 0) is 37.8 Å². The number of rotatable bonds is 4. The van der Waals surface area contributed by atoms with Crippen LogP contribution in [-0.4, -0.2) is 13.1 Å². The van der Waals surface area contributed by atoms with E-state index in [4.69, 9.17) is 11.6 Å². The summed E-state index contributed by atoms with van der Waals surface area (Å²) in [5.41, 5.74) is 2.85. The monoisotopic (exact) mass is 159 g/mol. The Kier molecular flexibility index (Phi) is 3.23. The van der Waals surface area contributed by atoms with Gasteiger partial charge in [0.15, 0.2) is 0 Å². The average Bonchev–Trinajstić information content (AvgIpc) is 2.71. The molecule has 0 aliphatic heterocycles. The van der Waals surface area contributed by atoms with Crippen LogP contribution >= 0.6 is 11.6 Å². The van der Waals surface area contributed by atoms with Crippen LogP contribution in [0.2, 0.25) is 0 Å². The van der Waals surface area contributed by atoms with Gasteiger partial charge in [0.25, 0.3) is 0 Å². The van der Waals surface area contributed by atoms with Crippen LogP contribution in [-0.2, 0) is 0 Å². The third-order valence-corrected chi connectivity index (χ3v) is 2.09. The second-order valence-electron chi connectivity index (χ2n) is 3.03. The lowest BCUT2D eigenvalue weighted by Crippen LogP contribution is -2.18. The highest BCUT2D eigenvalue weighted by Crippen LogP contribution is 2.27. The summed E-state index contributed by atoms with van der Waals surface area (Å²) in [7, 11) is 0. The molecule has 1 nitrogen and oxygen atoms in total. The second kappa shape index (κ2) is 3.99. The predicted octanol–water partition coefficient (Wildman–Crippen LogP) is 2.13. The molecule has 1 rings (SSSR count). The van der Waals surface area contributed by atoms with E-state index in [2.05, 4.69) is 5.32 Å². The molecule has 1 N–H and O–H groups in total. The number of halogens is 1. The first kappa shape index (κ1) is 8.09. The molecule has 0 aromatic rings. The summed E-state index contributed by atoms with van der Waals surface area (Å²) >= 11 is 5.48. The minimum Gasteiger partial charge on any atom is -0.313 e. The SMILES string of the molecule is C/C(=C\Cl)CNCC1CC1. The average molecular weight is 160 g/mol. The Bertz CT molecular complexity index is 127. The first-order valence-electron chi connectivity index (χ1n) is 3.79. The molecule has 1 aliphatic rings. The Morgan fingerprint density at radius 1 is 1.70 bits per heavy atom. The van der Waals surface area contributed by atoms with Gasteiger partial charge in [0.1, 0.15) is 0 Å². The molecular weight excluding hydrogens is 146 g/mol. The summed E-state index contributed by atoms with van der Waals surface area (Å²) in [6.45, 7) is 4.15. The summed E-state index contributed by atoms with van der Waals surface area (Å²) < 4.78 is 0. The van der Waals surface area contributed by atoms with E-state index >= 15 is 0 Å². The Labute approximate surface area is 67.5 Å². The Morgan fingerprint density at radius 2 is 2.40 bits per heavy atom. The lowest BCUT2D eigenvalue weighted by Gasteiger charge is -2.01. The zero-order chi connectivity index (χ0) is 7.40. The second-order valence-corrected chi connectivity index (χ2v) is 3.25. The van der Waals surface area contributed by atoms with Gasteiger partial charge in [0.05, 0.1) is 0 Å². The minimum atomic E-state index is 0.944. The van der Waals surface area contributed by atoms with Gasteiger partial charge in [-0.15, -0.1) is 0 Å². The highest BCUT2D eigenvalue weighted by atomic mass is 35.5. The van der Waals surface area contributed by atoms with Crippen LogP contribution in [0.5, 0.6) is 0 Å². The van der Waals surface area contributed by atoms with Crippen molar-refractivity contribution >= 4 is 11.6 Å². The summed E-state index contributed by atoms with van der Waals surface area (Å²) in [4.78, 5) is 0. The lowest BCUT2D eigenvalue weighted by molar-refractivity contribution is 0.671. The molecule has 0 amide bonds. The lowest BCUT2D eigenvalue weighted by atomic mass is 10.3. The molecule has 0 radical (unpaired) electrons. The summed E-state index contributed by atoms with van der Waals surface area (Å²) in [5.74, 6) is 0.961. The minimum absolute atomic E-state index is 0.944. The molecular formula is C8H14ClN. The largest absolute Gasteiger partial charge is 0.313 e. The third kappa shape index (κ3) is 3.23. The van der Waals surface area contributed by atoms with Crippen LogP contribution in [0.15, 0.2) is 11.1 Å². The molecule has 10 heavy (non-hydrogen) atoms. The van der Waals surface area contributed by atoms with E-state index in [-0.39, 0.29) is 0 Å². The first-order valence-corrected chi connectivity index (χ1v) is 4.23. The van der Waals surface area contributed by atoms with Crippen molar-refractivity contribution in [3.05, 3.63) is 11.1 Å². The maximum Gasteiger partial charge on any atom is 0.0173 e. The molecule has 0 aromatic heterocycles. The number of nitrogens with one attached hydrogen (secondary N) is 1. The maximum absolute atomic E-state index is 5.48. The van der Waals surface area contributed by atoms with Gasteiger partial charge in [-0.25, -0.2) is 0 Å². The van der Waals surface area contributed by atoms with Crippen LogP contribution in [0, 0.1) is 5.92 Å². The summed E-state index contributed by atoms with van der Waals surface area (Å²) in [6, 6.07) is 0. The van der Waals surface area contributed by atoms with Gasteiger partial charge in [-0.3, -0.25) is 0 Å². The van der Waals surface area contributed by atoms with Gasteiger partial charge in [0.2, 0.25) is 0 Å². The highest BCUT2D eigenvalue weighted by molar-refractivity contribution is 6.25. The fourth-order valence-electron chi connectivity index (χ4n) is 0.834. The van der Waals surface area contributed by atoms with E-state index in [0.717, 1.165) is 12.5 Å². The van der Waals surface area contributed by atoms with Gasteiger partial charge in [0, 0.05) is 12.1 Å². The molecule has 58 valence electrons. The van der Waals surface area contributed by atoms with Crippen LogP contribution in [0.25, 0.3) is 0 Å². The first-order chi connectivity index (χ1) is 4.83. The quantitative estimate of drug-likeness (QED) is 0.663. The van der Waals surface area contributed by atoms with E-state index < -0.39 is 0 Å². The molecule has 0 aromatic carbocycles. The number of hydrogen-bond donors (Lipinski definition) is 1. The van der Waals surface area contributed by atoms with Crippen molar-refractivity contribution in [3.8, 4) is 0 Å². The smallest absolute Gasteiger partial charge is 0.0173 e. The Morgan fingerprint density at radius 3 is 2.90 bits per heavy atom. The molecule has 0 saturated heterocycles. The van der Waals surface area contributed by atoms with Gasteiger partial charge >= 0.3 is 0 Å². The van der Waals surface area contributed by atoms with E-state index in [1.165, 1.54) is 25.0 Å². The van der Waals surface area contributed by atoms with Crippen molar-refractivity contribution < 1.29 is 0 Å². The molecule has 2 heteroatoms. The topological polar surface area (TPSA) is 12.0 Å². The van der Waals surface area contributed by atoms with Crippen molar-refractivity contribution in [3.63, 3.8) is 0 Å². The van der Waals surface area contributed by atoms with E-state index in [0.29, 0.717) is 0 Å². The molecule has 1 saturated carbocycles. The van der Waals surface area contributed by atoms with Crippen molar-refractivity contribution in [1.29, 1.82) is 0 Å². The molecule has 1 aliphatic carbocycles. The van der Waals surface area contributed by atoms with Gasteiger partial charge < -0.3 is 5.32 Å². The van der Waals surface area contributed by atoms with Gasteiger partial charge in [-0.2, -0.15) is 0 Å². The zero-order valence-electron chi connectivity index (χ0n) is 6.36. The van der Waals surface area contributed by atoms with Crippen LogP contribution < -0.4 is 5.32 Å². The summed E-state index contributed by atoms with van der Waals surface area (Å²) in [5, 5.41) is 3.35. The molecule has 0 unspecified atom stereocenters. The molecule has 0 heterocycles. The fraction of sp³-hybridized carbons (Fsp3) is 0.750. The predicted molar refractivity (Wildman–Crippen MR) is 45.2 cm³/mol. The van der Waals surface area contributed by atoms with E-state index in [9.17, 15) is 0 Å². The Balaban J connectivity index is 1.93. The van der Waals surface area contributed by atoms with Crippen LogP contribution in [0.3, 0.4) is 0 Å². The standard InChI is InChI=1S/C8H14ClN/c1-7(4-9)5-10-6-8-2-3-8/h4,8,10H,2-3,5-6H2,1H3/b7-4+. The highest BCUT2D eigenvalue weighted by Gasteiger charge is 2.19. The third-order valence-electron chi connectivity index (χ3n) is 1.72. The van der Waals surface area contributed by atoms with Gasteiger partial charge in [-0.1, -0.05) is 11.6 Å². The van der Waals surface area contributed by atoms with Crippen LogP contribution in [0.4, 0.5) is 0 Å². The van der Waals surface area contributed by atoms with Crippen molar-refractivity contribution in [2.45, 2.75) is 19.8 Å².